The molecule has 0 heterocycles. The molecule has 0 saturated heterocycles. The van der Waals surface area contributed by atoms with E-state index < -0.39 is 144 Å². The number of ketones is 5. The quantitative estimate of drug-likeness (QED) is 0.0157. The number of nitrogens with one attached hydrogen (secondary N) is 5. The van der Waals surface area contributed by atoms with Crippen molar-refractivity contribution in [3.05, 3.63) is 0 Å². The standard InChI is InChI=1S/C37H66N8O12S.C28H51N5O9.CO2/c1-3-4-15-56-17-18-57-16-12-26(46)19-24(8-7-14-42-37(40)41)31(48)20-25(21-32(49)50)34(52)44-28(9-5-6-13-38)30(47)11-10-27(39)35(53)43-23(2)33(51)45-29(22-58)36(54)55;1-3-4-13-41-15-16-42-14-10-22(34)17-20(8-7-12-32-28(29)30)24(35)18-21(19-25(36)37)26(38)33-23(27(39)40)9-5-6-11-31-2;2-1-3/h23-25,27-29,58H,3-22,38-39H2,1-2H3,(H,43,53)(H,44,52)(H,45,51)(H,49,50)(H,54,55)(H4,40,41,42);20-21,23,31H,3-19H2,1-2H3,(H,33,38)(H,36,37)(H,39,40)(H4,29,30,32);/t23-,24?,25-,27-,28?,29-;20?,21-,23+;/m00./s1. The van der Waals surface area contributed by atoms with Crippen molar-refractivity contribution < 1.29 is 111 Å². The van der Waals surface area contributed by atoms with Crippen molar-refractivity contribution in [3.8, 4) is 0 Å². The lowest BCUT2D eigenvalue weighted by Crippen LogP contribution is -2.53. The van der Waals surface area contributed by atoms with Crippen molar-refractivity contribution in [1.82, 2.24) is 26.6 Å². The van der Waals surface area contributed by atoms with Crippen LogP contribution in [0.5, 0.6) is 0 Å². The Balaban J connectivity index is -0.00000196. The van der Waals surface area contributed by atoms with Gasteiger partial charge in [-0.1, -0.05) is 26.7 Å². The summed E-state index contributed by atoms with van der Waals surface area (Å²) >= 11 is 3.88. The highest BCUT2D eigenvalue weighted by Gasteiger charge is 2.35. The van der Waals surface area contributed by atoms with Crippen LogP contribution < -0.4 is 61.0 Å². The van der Waals surface area contributed by atoms with E-state index in [1.54, 1.807) is 7.05 Å². The highest BCUT2D eigenvalue weighted by molar-refractivity contribution is 7.80. The first-order valence-corrected chi connectivity index (χ1v) is 35.4. The molecule has 0 saturated carbocycles. The van der Waals surface area contributed by atoms with Gasteiger partial charge >= 0.3 is 30.0 Å². The number of carboxylic acids is 4. The van der Waals surface area contributed by atoms with Gasteiger partial charge in [-0.2, -0.15) is 22.2 Å². The number of ether oxygens (including phenoxy) is 4. The normalized spacial score (nSPS) is 13.4. The van der Waals surface area contributed by atoms with Crippen LogP contribution >= 0.6 is 12.6 Å². The molecule has 0 spiro atoms. The van der Waals surface area contributed by atoms with E-state index in [1.165, 1.54) is 6.92 Å². The molecule has 0 aromatic heterocycles. The zero-order valence-electron chi connectivity index (χ0n) is 60.2. The molecule has 0 aromatic carbocycles. The van der Waals surface area contributed by atoms with Gasteiger partial charge in [-0.3, -0.25) is 62.7 Å². The maximum absolute atomic E-state index is 13.6. The largest absolute Gasteiger partial charge is 0.481 e. The van der Waals surface area contributed by atoms with E-state index in [9.17, 15) is 77.6 Å². The van der Waals surface area contributed by atoms with Crippen LogP contribution in [0, 0.1) is 23.7 Å². The van der Waals surface area contributed by atoms with Crippen molar-refractivity contribution in [1.29, 1.82) is 0 Å². The van der Waals surface area contributed by atoms with Gasteiger partial charge in [-0.15, -0.1) is 0 Å². The molecular weight excluding hydrogens is 1370 g/mol. The van der Waals surface area contributed by atoms with E-state index in [2.05, 4.69) is 56.1 Å². The lowest BCUT2D eigenvalue weighted by atomic mass is 9.85. The van der Waals surface area contributed by atoms with E-state index >= 15 is 0 Å². The third-order valence-corrected chi connectivity index (χ3v) is 15.8. The molecule has 0 aliphatic carbocycles. The number of unbranched alkanes of at least 4 members (excludes halogenated alkanes) is 4. The van der Waals surface area contributed by atoms with Gasteiger partial charge in [0.25, 0.3) is 0 Å². The second kappa shape index (κ2) is 63.8. The summed E-state index contributed by atoms with van der Waals surface area (Å²) in [7, 11) is 1.77. The predicted molar refractivity (Wildman–Crippen MR) is 380 cm³/mol. The first-order valence-electron chi connectivity index (χ1n) is 34.7. The number of carbonyl (C=O) groups excluding carboxylic acids is 11. The maximum Gasteiger partial charge on any atom is 0.373 e. The molecule has 0 fully saturated rings. The van der Waals surface area contributed by atoms with Crippen molar-refractivity contribution in [2.24, 2.45) is 68.1 Å². The fourth-order valence-corrected chi connectivity index (χ4v) is 9.88. The van der Waals surface area contributed by atoms with Crippen LogP contribution in [0.3, 0.4) is 0 Å². The number of hydrogen-bond acceptors (Lipinski definition) is 25. The number of thiol groups is 1. The van der Waals surface area contributed by atoms with Gasteiger partial charge in [-0.25, -0.2) is 9.59 Å². The molecule has 21 N–H and O–H groups in total. The molecule has 0 aliphatic heterocycles. The Bertz CT molecular complexity index is 2630. The van der Waals surface area contributed by atoms with Crippen molar-refractivity contribution >= 4 is 107 Å². The summed E-state index contributed by atoms with van der Waals surface area (Å²) < 4.78 is 21.8. The zero-order chi connectivity index (χ0) is 78.5. The summed E-state index contributed by atoms with van der Waals surface area (Å²) in [5.41, 5.74) is 33.1. The third kappa shape index (κ3) is 55.3. The average Bonchev–Trinajstić information content (AvgIpc) is 0.877. The lowest BCUT2D eigenvalue weighted by Gasteiger charge is -2.23. The maximum atomic E-state index is 13.6. The van der Waals surface area contributed by atoms with E-state index in [1.807, 2.05) is 6.92 Å². The Hall–Kier alpha value is -7.90. The number of guanidine groups is 2. The molecule has 4 amide bonds. The monoisotopic (exact) mass is 1490 g/mol. The molecule has 0 rings (SSSR count). The van der Waals surface area contributed by atoms with Crippen LogP contribution in [0.2, 0.25) is 0 Å². The molecular formula is C66H117N13O23S. The van der Waals surface area contributed by atoms with E-state index in [0.717, 1.165) is 25.7 Å². The van der Waals surface area contributed by atoms with Crippen molar-refractivity contribution in [3.63, 3.8) is 0 Å². The Morgan fingerprint density at radius 3 is 1.25 bits per heavy atom. The van der Waals surface area contributed by atoms with Crippen molar-refractivity contribution in [2.45, 2.75) is 205 Å². The number of aliphatic carboxylic acids is 4. The first-order chi connectivity index (χ1) is 48.9. The Morgan fingerprint density at radius 1 is 0.456 bits per heavy atom. The minimum Gasteiger partial charge on any atom is -0.481 e. The number of amides is 4. The van der Waals surface area contributed by atoms with Gasteiger partial charge in [0.1, 0.15) is 41.3 Å². The minimum absolute atomic E-state index is 0.0293. The van der Waals surface area contributed by atoms with Crippen molar-refractivity contribution in [2.75, 3.05) is 91.8 Å². The van der Waals surface area contributed by atoms with Crippen LogP contribution in [0.4, 0.5) is 0 Å². The second-order valence-electron chi connectivity index (χ2n) is 24.2. The van der Waals surface area contributed by atoms with Crippen LogP contribution in [0.25, 0.3) is 0 Å². The molecule has 590 valence electrons. The summed E-state index contributed by atoms with van der Waals surface area (Å²) in [6, 6.07) is -6.05. The van der Waals surface area contributed by atoms with Crippen LogP contribution in [0.1, 0.15) is 175 Å². The topological polar surface area (TPSA) is 615 Å². The molecule has 36 nitrogen and oxygen atoms in total. The summed E-state index contributed by atoms with van der Waals surface area (Å²) in [6.45, 7) is 9.82. The molecule has 37 heteroatoms. The minimum atomic E-state index is -1.38. The van der Waals surface area contributed by atoms with Gasteiger partial charge in [-0.05, 0) is 111 Å². The van der Waals surface area contributed by atoms with Gasteiger partial charge in [0.15, 0.2) is 17.7 Å². The van der Waals surface area contributed by atoms with E-state index in [4.69, 9.17) is 68.0 Å². The molecule has 9 atom stereocenters. The summed E-state index contributed by atoms with van der Waals surface area (Å²) in [4.78, 5) is 188. The number of hydrogen-bond donors (Lipinski definition) is 16. The Kier molecular flexibility index (Phi) is 61.5. The second-order valence-corrected chi connectivity index (χ2v) is 24.6. The molecule has 0 radical (unpaired) electrons. The average molecular weight is 1490 g/mol. The zero-order valence-corrected chi connectivity index (χ0v) is 61.1. The third-order valence-electron chi connectivity index (χ3n) is 15.5. The summed E-state index contributed by atoms with van der Waals surface area (Å²) in [5.74, 6) is -15.2. The van der Waals surface area contributed by atoms with Crippen LogP contribution in [0.15, 0.2) is 9.98 Å². The van der Waals surface area contributed by atoms with Gasteiger partial charge < -0.3 is 100 Å². The summed E-state index contributed by atoms with van der Waals surface area (Å²) in [6.07, 6.45) is 4.72. The number of carboxylic acid groups (broad SMARTS) is 4. The predicted octanol–water partition coefficient (Wildman–Crippen LogP) is -0.552. The van der Waals surface area contributed by atoms with Gasteiger partial charge in [0.05, 0.1) is 76.4 Å². The number of nitrogens with zero attached hydrogens (tertiary/aromatic N) is 2. The van der Waals surface area contributed by atoms with Crippen LogP contribution in [-0.4, -0.2) is 237 Å². The molecule has 0 aromatic rings. The molecule has 103 heavy (non-hydrogen) atoms. The lowest BCUT2D eigenvalue weighted by molar-refractivity contribution is -0.192. The highest BCUT2D eigenvalue weighted by Crippen LogP contribution is 2.24. The number of Topliss-reactive ketones (excluding diaryl/α,β-unsaturated/α-hetero) is 5. The number of aliphatic imine (C=N–C) groups is 2. The molecule has 0 aliphatic rings. The smallest absolute Gasteiger partial charge is 0.373 e. The van der Waals surface area contributed by atoms with Gasteiger partial charge in [0.2, 0.25) is 23.6 Å². The molecule has 3 unspecified atom stereocenters. The van der Waals surface area contributed by atoms with Gasteiger partial charge in [0, 0.05) is 88.8 Å². The number of rotatable bonds is 64. The Labute approximate surface area is 607 Å². The first kappa shape index (κ1) is 99.3. The fourth-order valence-electron chi connectivity index (χ4n) is 9.63. The molecule has 0 bridgehead atoms. The highest BCUT2D eigenvalue weighted by atomic mass is 32.1. The number of nitrogens with two attached hydrogens (primary N) is 6. The Morgan fingerprint density at radius 2 is 0.864 bits per heavy atom. The fraction of sp³-hybridized carbons (Fsp3) is 0.758. The summed E-state index contributed by atoms with van der Waals surface area (Å²) in [5, 5.41) is 50.2. The van der Waals surface area contributed by atoms with E-state index in [-0.39, 0.29) is 126 Å². The SMILES string of the molecule is CCCCOCCOCCC(=O)CC(CCCN=C(N)N)C(=O)C[C@@H](CC(=O)O)C(=O)NC(CCCCN)C(=O)CC[C@H](N)C(=O)N[C@@H](C)C(=O)N[C@@H](CS)C(=O)O.CCCCOCCOCCC(=O)CC(CCCN=C(N)N)C(=O)C[C@@H](CC(=O)O)C(=O)N[C@H](CCCCNC)C(=O)O.O=C=O. The van der Waals surface area contributed by atoms with Crippen LogP contribution in [-0.2, 0) is 90.9 Å². The van der Waals surface area contributed by atoms with E-state index in [0.29, 0.717) is 91.3 Å². The number of carbonyl (C=O) groups is 13.